The van der Waals surface area contributed by atoms with Gasteiger partial charge in [-0.1, -0.05) is 6.92 Å². The van der Waals surface area contributed by atoms with E-state index in [9.17, 15) is 0 Å². The highest BCUT2D eigenvalue weighted by molar-refractivity contribution is 4.71. The lowest BCUT2D eigenvalue weighted by Gasteiger charge is -2.33. The van der Waals surface area contributed by atoms with E-state index >= 15 is 0 Å². The third-order valence-electron chi connectivity index (χ3n) is 2.83. The van der Waals surface area contributed by atoms with Crippen LogP contribution in [0.1, 0.15) is 13.3 Å². The summed E-state index contributed by atoms with van der Waals surface area (Å²) in [6.07, 6.45) is 1.16. The van der Waals surface area contributed by atoms with Gasteiger partial charge in [0.2, 0.25) is 0 Å². The molecule has 0 saturated carbocycles. The Balaban J connectivity index is 2.14. The van der Waals surface area contributed by atoms with Gasteiger partial charge < -0.3 is 15.5 Å². The van der Waals surface area contributed by atoms with E-state index in [1.54, 1.807) is 0 Å². The van der Waals surface area contributed by atoms with Crippen molar-refractivity contribution >= 4 is 0 Å². The lowest BCUT2D eigenvalue weighted by Crippen LogP contribution is -2.45. The normalized spacial score (nSPS) is 23.3. The number of nitrogens with zero attached hydrogens (tertiary/aromatic N) is 2. The van der Waals surface area contributed by atoms with Gasteiger partial charge >= 0.3 is 0 Å². The molecule has 3 heteroatoms. The van der Waals surface area contributed by atoms with Crippen molar-refractivity contribution in [2.45, 2.75) is 13.3 Å². The Hall–Kier alpha value is -0.120. The predicted octanol–water partition coefficient (Wildman–Crippen LogP) is 0.219. The number of nitrogens with two attached hydrogens (primary N) is 1. The van der Waals surface area contributed by atoms with E-state index in [4.69, 9.17) is 5.73 Å². The molecule has 0 aromatic heterocycles. The Bertz CT molecular complexity index is 130. The summed E-state index contributed by atoms with van der Waals surface area (Å²) in [7, 11) is 2.20. The molecule has 2 N–H and O–H groups in total. The Morgan fingerprint density at radius 3 is 2.38 bits per heavy atom. The summed E-state index contributed by atoms with van der Waals surface area (Å²) in [5.41, 5.74) is 5.53. The molecule has 1 fully saturated rings. The number of hydrogen-bond donors (Lipinski definition) is 1. The monoisotopic (exact) mass is 185 g/mol. The maximum Gasteiger partial charge on any atom is 0.0110 e. The molecule has 1 unspecified atom stereocenters. The van der Waals surface area contributed by atoms with Crippen LogP contribution < -0.4 is 5.73 Å². The van der Waals surface area contributed by atoms with Crippen LogP contribution in [-0.4, -0.2) is 56.1 Å². The van der Waals surface area contributed by atoms with Crippen molar-refractivity contribution in [3.8, 4) is 0 Å². The molecular formula is C10H23N3. The first-order chi connectivity index (χ1) is 6.22. The van der Waals surface area contributed by atoms with Gasteiger partial charge in [-0.2, -0.15) is 0 Å². The van der Waals surface area contributed by atoms with E-state index in [0.717, 1.165) is 18.9 Å². The van der Waals surface area contributed by atoms with Crippen molar-refractivity contribution in [2.24, 2.45) is 11.7 Å². The molecule has 3 nitrogen and oxygen atoms in total. The second-order valence-electron chi connectivity index (χ2n) is 4.29. The van der Waals surface area contributed by atoms with Crippen molar-refractivity contribution in [3.05, 3.63) is 0 Å². The molecule has 1 rings (SSSR count). The third-order valence-corrected chi connectivity index (χ3v) is 2.83. The van der Waals surface area contributed by atoms with Crippen LogP contribution in [0.15, 0.2) is 0 Å². The first-order valence-electron chi connectivity index (χ1n) is 5.33. The average molecular weight is 185 g/mol. The minimum absolute atomic E-state index is 0.758. The molecule has 0 spiro atoms. The van der Waals surface area contributed by atoms with Crippen LogP contribution in [0.3, 0.4) is 0 Å². The zero-order valence-corrected chi connectivity index (χ0v) is 9.00. The van der Waals surface area contributed by atoms with Gasteiger partial charge in [-0.25, -0.2) is 0 Å². The minimum Gasteiger partial charge on any atom is -0.330 e. The molecule has 1 aliphatic rings. The van der Waals surface area contributed by atoms with Gasteiger partial charge in [0.05, 0.1) is 0 Å². The highest BCUT2D eigenvalue weighted by Gasteiger charge is 2.15. The average Bonchev–Trinajstić information content (AvgIpc) is 2.09. The van der Waals surface area contributed by atoms with E-state index in [1.165, 1.54) is 32.7 Å². The molecule has 78 valence electrons. The van der Waals surface area contributed by atoms with Crippen molar-refractivity contribution in [3.63, 3.8) is 0 Å². The Labute approximate surface area is 81.9 Å². The SMILES string of the molecule is CC(CCN)CN1CCN(C)CC1. The maximum atomic E-state index is 5.53. The summed E-state index contributed by atoms with van der Waals surface area (Å²) in [5, 5.41) is 0. The fraction of sp³-hybridized carbons (Fsp3) is 1.00. The second kappa shape index (κ2) is 5.58. The van der Waals surface area contributed by atoms with Gasteiger partial charge in [0.25, 0.3) is 0 Å². The first kappa shape index (κ1) is 11.0. The van der Waals surface area contributed by atoms with Gasteiger partial charge in [0.15, 0.2) is 0 Å². The molecule has 0 aromatic carbocycles. The van der Waals surface area contributed by atoms with Gasteiger partial charge in [-0.3, -0.25) is 0 Å². The lowest BCUT2D eigenvalue weighted by molar-refractivity contribution is 0.137. The molecule has 0 bridgehead atoms. The van der Waals surface area contributed by atoms with Crippen molar-refractivity contribution in [2.75, 3.05) is 46.3 Å². The largest absolute Gasteiger partial charge is 0.330 e. The molecule has 0 amide bonds. The predicted molar refractivity (Wildman–Crippen MR) is 56.8 cm³/mol. The summed E-state index contributed by atoms with van der Waals surface area (Å²) in [6, 6.07) is 0. The summed E-state index contributed by atoms with van der Waals surface area (Å²) >= 11 is 0. The zero-order valence-electron chi connectivity index (χ0n) is 9.00. The molecule has 1 heterocycles. The van der Waals surface area contributed by atoms with Gasteiger partial charge in [-0.15, -0.1) is 0 Å². The van der Waals surface area contributed by atoms with E-state index in [1.807, 2.05) is 0 Å². The van der Waals surface area contributed by atoms with Crippen LogP contribution in [-0.2, 0) is 0 Å². The van der Waals surface area contributed by atoms with Gasteiger partial charge in [-0.05, 0) is 25.9 Å². The van der Waals surface area contributed by atoms with Crippen LogP contribution in [0.5, 0.6) is 0 Å². The highest BCUT2D eigenvalue weighted by atomic mass is 15.2. The fourth-order valence-corrected chi connectivity index (χ4v) is 1.85. The van der Waals surface area contributed by atoms with Crippen LogP contribution in [0.4, 0.5) is 0 Å². The smallest absolute Gasteiger partial charge is 0.0110 e. The summed E-state index contributed by atoms with van der Waals surface area (Å²) in [4.78, 5) is 4.95. The molecule has 0 radical (unpaired) electrons. The van der Waals surface area contributed by atoms with Crippen LogP contribution in [0.2, 0.25) is 0 Å². The molecule has 1 atom stereocenters. The zero-order chi connectivity index (χ0) is 9.68. The topological polar surface area (TPSA) is 32.5 Å². The molecule has 1 saturated heterocycles. The fourth-order valence-electron chi connectivity index (χ4n) is 1.85. The third kappa shape index (κ3) is 4.07. The van der Waals surface area contributed by atoms with Crippen molar-refractivity contribution in [1.29, 1.82) is 0 Å². The number of hydrogen-bond acceptors (Lipinski definition) is 3. The molecule has 0 aromatic rings. The Morgan fingerprint density at radius 2 is 1.85 bits per heavy atom. The summed E-state index contributed by atoms with van der Waals surface area (Å²) < 4.78 is 0. The Morgan fingerprint density at radius 1 is 1.23 bits per heavy atom. The number of rotatable bonds is 4. The van der Waals surface area contributed by atoms with E-state index in [0.29, 0.717) is 0 Å². The molecule has 0 aliphatic carbocycles. The number of likely N-dealkylation sites (N-methyl/N-ethyl adjacent to an activating group) is 1. The summed E-state index contributed by atoms with van der Waals surface area (Å²) in [5.74, 6) is 0.758. The van der Waals surface area contributed by atoms with Crippen LogP contribution >= 0.6 is 0 Å². The van der Waals surface area contributed by atoms with Crippen molar-refractivity contribution < 1.29 is 0 Å². The maximum absolute atomic E-state index is 5.53. The molecular weight excluding hydrogens is 162 g/mol. The van der Waals surface area contributed by atoms with Gasteiger partial charge in [0.1, 0.15) is 0 Å². The quantitative estimate of drug-likeness (QED) is 0.680. The number of piperazine rings is 1. The molecule has 1 aliphatic heterocycles. The van der Waals surface area contributed by atoms with E-state index in [2.05, 4.69) is 23.8 Å². The minimum atomic E-state index is 0.758. The van der Waals surface area contributed by atoms with Gasteiger partial charge in [0, 0.05) is 32.7 Å². The second-order valence-corrected chi connectivity index (χ2v) is 4.29. The Kier molecular flexibility index (Phi) is 4.70. The summed E-state index contributed by atoms with van der Waals surface area (Å²) in [6.45, 7) is 9.24. The lowest BCUT2D eigenvalue weighted by atomic mass is 10.1. The van der Waals surface area contributed by atoms with Crippen LogP contribution in [0, 0.1) is 5.92 Å². The van der Waals surface area contributed by atoms with Crippen molar-refractivity contribution in [1.82, 2.24) is 9.80 Å². The first-order valence-corrected chi connectivity index (χ1v) is 5.33. The highest BCUT2D eigenvalue weighted by Crippen LogP contribution is 2.06. The van der Waals surface area contributed by atoms with E-state index < -0.39 is 0 Å². The standard InChI is InChI=1S/C10H23N3/c1-10(3-4-11)9-13-7-5-12(2)6-8-13/h10H,3-9,11H2,1-2H3. The van der Waals surface area contributed by atoms with Crippen LogP contribution in [0.25, 0.3) is 0 Å². The molecule has 13 heavy (non-hydrogen) atoms. The van der Waals surface area contributed by atoms with E-state index in [-0.39, 0.29) is 0 Å².